The smallest absolute Gasteiger partial charge is 0.305 e. The van der Waals surface area contributed by atoms with Crippen molar-refractivity contribution in [2.45, 2.75) is 54.6 Å². The van der Waals surface area contributed by atoms with E-state index in [0.717, 1.165) is 60.7 Å². The predicted molar refractivity (Wildman–Crippen MR) is 212 cm³/mol. The molecule has 324 valence electrons. The van der Waals surface area contributed by atoms with Crippen LogP contribution in [-0.2, 0) is 12.2 Å². The van der Waals surface area contributed by atoms with E-state index in [-0.39, 0.29) is 73.9 Å². The number of phenolic OH excluding ortho intramolecular Hbond substituents is 11. The normalized spacial score (nSPS) is 25.2. The molecule has 18 heteroatoms. The van der Waals surface area contributed by atoms with Gasteiger partial charge < -0.3 is 90.4 Å². The Bertz CT molecular complexity index is 2910. The molecule has 4 aliphatic heterocycles. The monoisotopic (exact) mass is 864 g/mol. The van der Waals surface area contributed by atoms with Crippen molar-refractivity contribution >= 4 is 0 Å². The van der Waals surface area contributed by atoms with Gasteiger partial charge in [-0.3, -0.25) is 0 Å². The summed E-state index contributed by atoms with van der Waals surface area (Å²) in [5.74, 6) is -12.6. The molecule has 0 fully saturated rings. The highest BCUT2D eigenvalue weighted by molar-refractivity contribution is 5.72. The van der Waals surface area contributed by atoms with Crippen molar-refractivity contribution in [1.29, 1.82) is 0 Å². The van der Waals surface area contributed by atoms with Crippen molar-refractivity contribution in [3.63, 3.8) is 0 Å². The summed E-state index contributed by atoms with van der Waals surface area (Å²) in [6, 6.07) is 14.8. The van der Waals surface area contributed by atoms with Crippen molar-refractivity contribution < 1.29 is 90.4 Å². The van der Waals surface area contributed by atoms with Crippen molar-refractivity contribution in [2.24, 2.45) is 0 Å². The maximum Gasteiger partial charge on any atom is 0.305 e. The molecule has 2 bridgehead atoms. The van der Waals surface area contributed by atoms with E-state index in [1.54, 1.807) is 0 Å². The summed E-state index contributed by atoms with van der Waals surface area (Å²) in [5.41, 5.74) is -0.583. The number of ether oxygens (including phenoxy) is 4. The standard InChI is InChI=1S/C45H36O18/c46-18-10-27(54)33-31(11-18)62-45(17-3-6-22(49)26(53)9-17)44(59)38(33)36-32(63-45)14-29(56)35-37(39(58)41(61-43(35)36)16-2-5-21(48)25(52)8-16)34-28(55)13-23(50)19-12-30(57)40(60-42(19)34)15-1-4-20(47)24(51)7-15/h1-11,13-14,30,37-41,44,46-59H,12H2/t30-,37+,38-,39+,40-,41-,44-,45+/m1/s1. The third kappa shape index (κ3) is 5.68. The van der Waals surface area contributed by atoms with Gasteiger partial charge in [0.2, 0.25) is 0 Å². The molecule has 0 aliphatic carbocycles. The van der Waals surface area contributed by atoms with Crippen LogP contribution in [-0.4, -0.2) is 89.8 Å². The lowest BCUT2D eigenvalue weighted by Crippen LogP contribution is -2.57. The number of aromatic hydroxyl groups is 11. The first-order valence-corrected chi connectivity index (χ1v) is 19.3. The summed E-state index contributed by atoms with van der Waals surface area (Å²) in [6.07, 6.45) is -8.29. The zero-order valence-electron chi connectivity index (χ0n) is 32.1. The van der Waals surface area contributed by atoms with Gasteiger partial charge in [0.1, 0.15) is 70.1 Å². The Labute approximate surface area is 354 Å². The van der Waals surface area contributed by atoms with Gasteiger partial charge in [-0.05, 0) is 53.6 Å². The molecule has 0 saturated heterocycles. The Kier molecular flexibility index (Phi) is 8.49. The van der Waals surface area contributed by atoms with Crippen LogP contribution in [0.1, 0.15) is 68.6 Å². The lowest BCUT2D eigenvalue weighted by Gasteiger charge is -2.51. The Balaban J connectivity index is 1.25. The lowest BCUT2D eigenvalue weighted by atomic mass is 9.71. The maximum absolute atomic E-state index is 12.5. The zero-order valence-corrected chi connectivity index (χ0v) is 32.1. The van der Waals surface area contributed by atoms with Gasteiger partial charge in [-0.1, -0.05) is 12.1 Å². The van der Waals surface area contributed by atoms with Crippen molar-refractivity contribution in [2.75, 3.05) is 0 Å². The van der Waals surface area contributed by atoms with Crippen LogP contribution in [0.3, 0.4) is 0 Å². The fraction of sp³-hybridized carbons (Fsp3) is 0.200. The van der Waals surface area contributed by atoms with Gasteiger partial charge in [0.25, 0.3) is 0 Å². The van der Waals surface area contributed by atoms with Gasteiger partial charge in [0, 0.05) is 64.1 Å². The molecule has 18 nitrogen and oxygen atoms in total. The molecule has 0 spiro atoms. The Morgan fingerprint density at radius 2 is 0.984 bits per heavy atom. The fourth-order valence-corrected chi connectivity index (χ4v) is 9.32. The minimum Gasteiger partial charge on any atom is -0.508 e. The topological polar surface area (TPSA) is 320 Å². The van der Waals surface area contributed by atoms with E-state index >= 15 is 0 Å². The molecule has 10 rings (SSSR count). The van der Waals surface area contributed by atoms with Crippen LogP contribution in [0.25, 0.3) is 0 Å². The van der Waals surface area contributed by atoms with E-state index < -0.39 is 111 Å². The summed E-state index contributed by atoms with van der Waals surface area (Å²) in [5, 5.41) is 155. The molecule has 0 saturated carbocycles. The Morgan fingerprint density at radius 3 is 1.62 bits per heavy atom. The minimum atomic E-state index is -2.31. The first-order valence-electron chi connectivity index (χ1n) is 19.3. The van der Waals surface area contributed by atoms with Crippen LogP contribution in [0.4, 0.5) is 0 Å². The van der Waals surface area contributed by atoms with E-state index in [9.17, 15) is 71.5 Å². The number of aliphatic hydroxyl groups is 3. The third-order valence-electron chi connectivity index (χ3n) is 12.2. The largest absolute Gasteiger partial charge is 0.508 e. The predicted octanol–water partition coefficient (Wildman–Crippen LogP) is 4.24. The third-order valence-corrected chi connectivity index (χ3v) is 12.2. The van der Waals surface area contributed by atoms with E-state index in [1.807, 2.05) is 0 Å². The summed E-state index contributed by atoms with van der Waals surface area (Å²) < 4.78 is 25.6. The molecular formula is C45H36O18. The van der Waals surface area contributed by atoms with Gasteiger partial charge >= 0.3 is 5.79 Å². The van der Waals surface area contributed by atoms with Crippen LogP contribution in [0, 0.1) is 0 Å². The van der Waals surface area contributed by atoms with Crippen LogP contribution in [0.15, 0.2) is 78.9 Å². The molecule has 63 heavy (non-hydrogen) atoms. The van der Waals surface area contributed by atoms with Crippen LogP contribution < -0.4 is 18.9 Å². The number of benzene rings is 6. The molecule has 6 aromatic rings. The molecule has 14 N–H and O–H groups in total. The molecular weight excluding hydrogens is 828 g/mol. The van der Waals surface area contributed by atoms with Gasteiger partial charge in [-0.2, -0.15) is 0 Å². The summed E-state index contributed by atoms with van der Waals surface area (Å²) in [4.78, 5) is 0. The Hall–Kier alpha value is -7.80. The number of aliphatic hydroxyl groups excluding tert-OH is 3. The molecule has 0 aromatic heterocycles. The van der Waals surface area contributed by atoms with Crippen LogP contribution >= 0.6 is 0 Å². The molecule has 0 amide bonds. The second-order valence-electron chi connectivity index (χ2n) is 15.9. The van der Waals surface area contributed by atoms with Gasteiger partial charge in [-0.15, -0.1) is 0 Å². The van der Waals surface area contributed by atoms with E-state index in [2.05, 4.69) is 0 Å². The molecule has 6 aromatic carbocycles. The fourth-order valence-electron chi connectivity index (χ4n) is 9.32. The highest BCUT2D eigenvalue weighted by atomic mass is 16.7. The van der Waals surface area contributed by atoms with Gasteiger partial charge in [-0.25, -0.2) is 0 Å². The average molecular weight is 865 g/mol. The number of phenols is 11. The first-order chi connectivity index (χ1) is 30.0. The SMILES string of the molecule is Oc1cc(O)c2c(c1)O[C@@]1(c3ccc(O)c(O)c3)Oc3cc(O)c4c(c3[C@@H]2[C@H]1O)O[C@H](c1ccc(O)c(O)c1)[C@@H](O)[C@H]4c1c(O)cc(O)c2c1O[C@H](c1ccc(O)c(O)c1)[C@H](O)C2. The number of rotatable bonds is 4. The zero-order chi connectivity index (χ0) is 44.5. The van der Waals surface area contributed by atoms with Crippen molar-refractivity contribution in [1.82, 2.24) is 0 Å². The molecule has 4 heterocycles. The Morgan fingerprint density at radius 1 is 0.444 bits per heavy atom. The summed E-state index contributed by atoms with van der Waals surface area (Å²) in [6.45, 7) is 0. The van der Waals surface area contributed by atoms with E-state index in [0.29, 0.717) is 0 Å². The van der Waals surface area contributed by atoms with E-state index in [1.165, 1.54) is 18.2 Å². The minimum absolute atomic E-state index is 0.0325. The van der Waals surface area contributed by atoms with Gasteiger partial charge in [0.05, 0.1) is 17.9 Å². The first kappa shape index (κ1) is 39.3. The van der Waals surface area contributed by atoms with Crippen molar-refractivity contribution in [3.8, 4) is 86.2 Å². The van der Waals surface area contributed by atoms with E-state index in [4.69, 9.17) is 18.9 Å². The average Bonchev–Trinajstić information content (AvgIpc) is 3.22. The lowest BCUT2D eigenvalue weighted by molar-refractivity contribution is -0.219. The molecule has 0 radical (unpaired) electrons. The number of hydrogen-bond donors (Lipinski definition) is 14. The second-order valence-corrected chi connectivity index (χ2v) is 15.9. The van der Waals surface area contributed by atoms with Crippen LogP contribution in [0.2, 0.25) is 0 Å². The second kappa shape index (κ2) is 13.6. The molecule has 0 unspecified atom stereocenters. The number of hydrogen-bond acceptors (Lipinski definition) is 18. The summed E-state index contributed by atoms with van der Waals surface area (Å²) >= 11 is 0. The van der Waals surface area contributed by atoms with Crippen LogP contribution in [0.5, 0.6) is 86.2 Å². The molecule has 4 aliphatic rings. The van der Waals surface area contributed by atoms with Crippen molar-refractivity contribution in [3.05, 3.63) is 123 Å². The van der Waals surface area contributed by atoms with Gasteiger partial charge in [0.15, 0.2) is 40.6 Å². The number of fused-ring (bicyclic) bond motifs is 9. The summed E-state index contributed by atoms with van der Waals surface area (Å²) in [7, 11) is 0. The molecule has 8 atom stereocenters. The highest BCUT2D eigenvalue weighted by Crippen LogP contribution is 2.65. The highest BCUT2D eigenvalue weighted by Gasteiger charge is 2.61. The maximum atomic E-state index is 12.5. The quantitative estimate of drug-likeness (QED) is 0.110.